The number of fused-ring (bicyclic) bond motifs is 1. The SMILES string of the molecule is COc1cc2c(cc1OC)C(=O)C1(COC(=O)C1)CO2. The summed E-state index contributed by atoms with van der Waals surface area (Å²) in [6.45, 7) is 0.207. The third-order valence-corrected chi connectivity index (χ3v) is 3.71. The number of carbonyl (C=O) groups excluding carboxylic acids is 2. The van der Waals surface area contributed by atoms with E-state index in [9.17, 15) is 9.59 Å². The summed E-state index contributed by atoms with van der Waals surface area (Å²) < 4.78 is 20.9. The van der Waals surface area contributed by atoms with Gasteiger partial charge in [0.15, 0.2) is 17.3 Å². The van der Waals surface area contributed by atoms with Gasteiger partial charge in [-0.15, -0.1) is 0 Å². The van der Waals surface area contributed by atoms with E-state index in [1.165, 1.54) is 14.2 Å². The maximum absolute atomic E-state index is 12.6. The maximum atomic E-state index is 12.6. The summed E-state index contributed by atoms with van der Waals surface area (Å²) in [5.74, 6) is 0.869. The van der Waals surface area contributed by atoms with Gasteiger partial charge < -0.3 is 18.9 Å². The van der Waals surface area contributed by atoms with Gasteiger partial charge in [0.1, 0.15) is 24.4 Å². The average Bonchev–Trinajstić information content (AvgIpc) is 2.84. The summed E-state index contributed by atoms with van der Waals surface area (Å²) in [7, 11) is 3.01. The Morgan fingerprint density at radius 2 is 1.70 bits per heavy atom. The number of Topliss-reactive ketones (excluding diaryl/α,β-unsaturated/α-hetero) is 1. The molecule has 2 heterocycles. The number of ether oxygens (including phenoxy) is 4. The second kappa shape index (κ2) is 4.40. The highest BCUT2D eigenvalue weighted by molar-refractivity contribution is 6.06. The van der Waals surface area contributed by atoms with E-state index in [2.05, 4.69) is 0 Å². The smallest absolute Gasteiger partial charge is 0.307 e. The maximum Gasteiger partial charge on any atom is 0.307 e. The molecule has 1 spiro atoms. The molecule has 0 saturated carbocycles. The predicted octanol–water partition coefficient (Wildman–Crippen LogP) is 1.21. The number of hydrogen-bond acceptors (Lipinski definition) is 6. The minimum absolute atomic E-state index is 0.0552. The zero-order chi connectivity index (χ0) is 14.3. The van der Waals surface area contributed by atoms with Crippen LogP contribution in [0.25, 0.3) is 0 Å². The van der Waals surface area contributed by atoms with E-state index in [-0.39, 0.29) is 31.4 Å². The van der Waals surface area contributed by atoms with Crippen LogP contribution in [0.1, 0.15) is 16.8 Å². The van der Waals surface area contributed by atoms with Crippen molar-refractivity contribution in [1.82, 2.24) is 0 Å². The Balaban J connectivity index is 2.05. The van der Waals surface area contributed by atoms with Crippen LogP contribution in [0.15, 0.2) is 12.1 Å². The fraction of sp³-hybridized carbons (Fsp3) is 0.429. The summed E-state index contributed by atoms with van der Waals surface area (Å²) in [6.07, 6.45) is 0.0552. The highest BCUT2D eigenvalue weighted by Crippen LogP contribution is 2.44. The van der Waals surface area contributed by atoms with Crippen molar-refractivity contribution in [3.8, 4) is 17.2 Å². The van der Waals surface area contributed by atoms with Crippen molar-refractivity contribution >= 4 is 11.8 Å². The van der Waals surface area contributed by atoms with E-state index in [4.69, 9.17) is 18.9 Å². The first kappa shape index (κ1) is 12.8. The highest BCUT2D eigenvalue weighted by atomic mass is 16.5. The van der Waals surface area contributed by atoms with Crippen molar-refractivity contribution < 1.29 is 28.5 Å². The quantitative estimate of drug-likeness (QED) is 0.757. The average molecular weight is 278 g/mol. The number of cyclic esters (lactones) is 1. The number of rotatable bonds is 2. The molecule has 1 aromatic carbocycles. The van der Waals surface area contributed by atoms with E-state index < -0.39 is 5.41 Å². The summed E-state index contributed by atoms with van der Waals surface area (Å²) in [5, 5.41) is 0. The first-order chi connectivity index (χ1) is 9.59. The van der Waals surface area contributed by atoms with E-state index in [0.29, 0.717) is 22.8 Å². The van der Waals surface area contributed by atoms with Gasteiger partial charge in [0.25, 0.3) is 0 Å². The molecule has 0 aromatic heterocycles. The predicted molar refractivity (Wildman–Crippen MR) is 67.4 cm³/mol. The topological polar surface area (TPSA) is 71.1 Å². The van der Waals surface area contributed by atoms with Crippen LogP contribution in [0.5, 0.6) is 17.2 Å². The van der Waals surface area contributed by atoms with E-state index >= 15 is 0 Å². The molecule has 0 aliphatic carbocycles. The van der Waals surface area contributed by atoms with Crippen molar-refractivity contribution in [2.24, 2.45) is 5.41 Å². The molecule has 106 valence electrons. The normalized spacial score (nSPS) is 24.1. The Morgan fingerprint density at radius 1 is 1.05 bits per heavy atom. The number of hydrogen-bond donors (Lipinski definition) is 0. The molecule has 20 heavy (non-hydrogen) atoms. The van der Waals surface area contributed by atoms with Gasteiger partial charge >= 0.3 is 5.97 Å². The molecule has 0 N–H and O–H groups in total. The van der Waals surface area contributed by atoms with Crippen LogP contribution < -0.4 is 14.2 Å². The summed E-state index contributed by atoms with van der Waals surface area (Å²) >= 11 is 0. The third-order valence-electron chi connectivity index (χ3n) is 3.71. The highest BCUT2D eigenvalue weighted by Gasteiger charge is 2.51. The van der Waals surface area contributed by atoms with Crippen LogP contribution in [-0.2, 0) is 9.53 Å². The zero-order valence-corrected chi connectivity index (χ0v) is 11.2. The molecule has 1 aromatic rings. The third kappa shape index (κ3) is 1.71. The summed E-state index contributed by atoms with van der Waals surface area (Å²) in [6, 6.07) is 3.21. The second-order valence-electron chi connectivity index (χ2n) is 4.94. The Bertz CT molecular complexity index is 594. The standard InChI is InChI=1S/C14H14O6/c1-17-10-3-8-9(4-11(10)18-2)19-6-14(13(8)16)5-12(15)20-7-14/h3-4H,5-7H2,1-2H3. The number of ketones is 1. The number of methoxy groups -OCH3 is 2. The lowest BCUT2D eigenvalue weighted by atomic mass is 9.78. The van der Waals surface area contributed by atoms with Gasteiger partial charge in [-0.3, -0.25) is 9.59 Å². The Morgan fingerprint density at radius 3 is 2.30 bits per heavy atom. The molecule has 1 saturated heterocycles. The van der Waals surface area contributed by atoms with Crippen molar-refractivity contribution in [2.45, 2.75) is 6.42 Å². The molecule has 1 fully saturated rings. The van der Waals surface area contributed by atoms with Gasteiger partial charge in [0, 0.05) is 6.07 Å². The summed E-state index contributed by atoms with van der Waals surface area (Å²) in [5.41, 5.74) is -0.504. The van der Waals surface area contributed by atoms with Gasteiger partial charge in [-0.2, -0.15) is 0 Å². The van der Waals surface area contributed by atoms with Crippen molar-refractivity contribution in [3.63, 3.8) is 0 Å². The van der Waals surface area contributed by atoms with Crippen LogP contribution >= 0.6 is 0 Å². The fourth-order valence-electron chi connectivity index (χ4n) is 2.56. The monoisotopic (exact) mass is 278 g/mol. The molecule has 0 radical (unpaired) electrons. The van der Waals surface area contributed by atoms with Gasteiger partial charge in [0.2, 0.25) is 0 Å². The van der Waals surface area contributed by atoms with Gasteiger partial charge in [-0.1, -0.05) is 0 Å². The lowest BCUT2D eigenvalue weighted by molar-refractivity contribution is -0.137. The zero-order valence-electron chi connectivity index (χ0n) is 11.2. The van der Waals surface area contributed by atoms with Crippen LogP contribution in [0.3, 0.4) is 0 Å². The van der Waals surface area contributed by atoms with E-state index in [0.717, 1.165) is 0 Å². The van der Waals surface area contributed by atoms with Crippen molar-refractivity contribution in [1.29, 1.82) is 0 Å². The molecule has 0 amide bonds. The van der Waals surface area contributed by atoms with Crippen molar-refractivity contribution in [3.05, 3.63) is 17.7 Å². The number of benzene rings is 1. The van der Waals surface area contributed by atoms with E-state index in [1.54, 1.807) is 12.1 Å². The molecule has 2 aliphatic rings. The van der Waals surface area contributed by atoms with Crippen molar-refractivity contribution in [2.75, 3.05) is 27.4 Å². The Labute approximate surface area is 115 Å². The van der Waals surface area contributed by atoms with E-state index in [1.807, 2.05) is 0 Å². The minimum Gasteiger partial charge on any atom is -0.493 e. The molecule has 6 heteroatoms. The number of carbonyl (C=O) groups is 2. The minimum atomic E-state index is -0.899. The molecule has 1 atom stereocenters. The number of esters is 1. The molecular formula is C14H14O6. The molecule has 6 nitrogen and oxygen atoms in total. The lowest BCUT2D eigenvalue weighted by Gasteiger charge is -2.31. The first-order valence-corrected chi connectivity index (χ1v) is 6.19. The largest absolute Gasteiger partial charge is 0.493 e. The lowest BCUT2D eigenvalue weighted by Crippen LogP contribution is -2.41. The van der Waals surface area contributed by atoms with Gasteiger partial charge in [-0.05, 0) is 6.07 Å². The second-order valence-corrected chi connectivity index (χ2v) is 4.94. The van der Waals surface area contributed by atoms with Crippen LogP contribution in [0, 0.1) is 5.41 Å². The molecule has 3 rings (SSSR count). The Kier molecular flexibility index (Phi) is 2.81. The molecular weight excluding hydrogens is 264 g/mol. The fourth-order valence-corrected chi connectivity index (χ4v) is 2.56. The first-order valence-electron chi connectivity index (χ1n) is 6.19. The van der Waals surface area contributed by atoms with Crippen LogP contribution in [0.2, 0.25) is 0 Å². The van der Waals surface area contributed by atoms with Crippen LogP contribution in [0.4, 0.5) is 0 Å². The van der Waals surface area contributed by atoms with Gasteiger partial charge in [0.05, 0.1) is 26.2 Å². The van der Waals surface area contributed by atoms with Crippen LogP contribution in [-0.4, -0.2) is 39.2 Å². The Hall–Kier alpha value is -2.24. The molecule has 0 bridgehead atoms. The molecule has 1 unspecified atom stereocenters. The summed E-state index contributed by atoms with van der Waals surface area (Å²) in [4.78, 5) is 24.0. The molecule has 2 aliphatic heterocycles. The van der Waals surface area contributed by atoms with Gasteiger partial charge in [-0.25, -0.2) is 0 Å².